The summed E-state index contributed by atoms with van der Waals surface area (Å²) in [6, 6.07) is 5.95. The summed E-state index contributed by atoms with van der Waals surface area (Å²) in [7, 11) is 0. The maximum absolute atomic E-state index is 5.64. The van der Waals surface area contributed by atoms with Gasteiger partial charge in [-0.3, -0.25) is 0 Å². The smallest absolute Gasteiger partial charge is 0.151 e. The van der Waals surface area contributed by atoms with E-state index in [0.29, 0.717) is 13.2 Å². The fraction of sp³-hybridized carbons (Fsp3) is 0.385. The van der Waals surface area contributed by atoms with Crippen molar-refractivity contribution in [1.82, 2.24) is 15.2 Å². The van der Waals surface area contributed by atoms with E-state index in [-0.39, 0.29) is 6.10 Å². The summed E-state index contributed by atoms with van der Waals surface area (Å²) in [5, 5.41) is 8.56. The van der Waals surface area contributed by atoms with E-state index in [4.69, 9.17) is 10.5 Å². The summed E-state index contributed by atoms with van der Waals surface area (Å²) in [5.74, 6) is 0.876. The molecular weight excluding hydrogens is 242 g/mol. The van der Waals surface area contributed by atoms with E-state index in [1.165, 1.54) is 0 Å². The molecule has 2 aromatic heterocycles. The molecule has 6 heteroatoms. The summed E-state index contributed by atoms with van der Waals surface area (Å²) >= 11 is 0. The number of ether oxygens (including phenoxy) is 1. The Morgan fingerprint density at radius 3 is 3.00 bits per heavy atom. The Kier molecular flexibility index (Phi) is 3.43. The first-order valence-corrected chi connectivity index (χ1v) is 6.40. The van der Waals surface area contributed by atoms with Crippen LogP contribution in [0, 0.1) is 0 Å². The zero-order valence-corrected chi connectivity index (χ0v) is 10.6. The number of morpholine rings is 1. The number of nitrogens with zero attached hydrogens (tertiary/aromatic N) is 3. The highest BCUT2D eigenvalue weighted by atomic mass is 16.5. The fourth-order valence-electron chi connectivity index (χ4n) is 2.20. The van der Waals surface area contributed by atoms with Crippen molar-refractivity contribution in [3.8, 4) is 11.3 Å². The fourth-order valence-corrected chi connectivity index (χ4v) is 2.20. The average molecular weight is 259 g/mol. The van der Waals surface area contributed by atoms with Crippen LogP contribution in [0.1, 0.15) is 0 Å². The molecule has 0 aliphatic carbocycles. The predicted molar refractivity (Wildman–Crippen MR) is 72.8 cm³/mol. The van der Waals surface area contributed by atoms with Crippen molar-refractivity contribution >= 4 is 5.82 Å². The molecule has 1 saturated heterocycles. The molecule has 1 aliphatic heterocycles. The van der Waals surface area contributed by atoms with Gasteiger partial charge in [0.1, 0.15) is 0 Å². The van der Waals surface area contributed by atoms with Crippen LogP contribution in [0.5, 0.6) is 0 Å². The lowest BCUT2D eigenvalue weighted by Gasteiger charge is -2.32. The highest BCUT2D eigenvalue weighted by Gasteiger charge is 2.20. The van der Waals surface area contributed by atoms with Crippen molar-refractivity contribution in [3.63, 3.8) is 0 Å². The molecule has 3 heterocycles. The van der Waals surface area contributed by atoms with E-state index in [0.717, 1.165) is 30.2 Å². The van der Waals surface area contributed by atoms with Gasteiger partial charge in [-0.15, -0.1) is 10.2 Å². The van der Waals surface area contributed by atoms with Gasteiger partial charge in [-0.1, -0.05) is 0 Å². The lowest BCUT2D eigenvalue weighted by atomic mass is 10.2. The Hall–Kier alpha value is -1.92. The topological polar surface area (TPSA) is 80.1 Å². The minimum atomic E-state index is 0.0832. The number of hydrogen-bond donors (Lipinski definition) is 2. The molecule has 0 aromatic carbocycles. The summed E-state index contributed by atoms with van der Waals surface area (Å²) < 4.78 is 5.54. The molecule has 1 fully saturated rings. The molecule has 0 bridgehead atoms. The summed E-state index contributed by atoms with van der Waals surface area (Å²) in [6.07, 6.45) is 3.86. The zero-order chi connectivity index (χ0) is 13.1. The SMILES string of the molecule is NCC1CN(c2ccc(-c3cc[nH]c3)nn2)CCO1. The average Bonchev–Trinajstić information content (AvgIpc) is 3.02. The maximum Gasteiger partial charge on any atom is 0.151 e. The highest BCUT2D eigenvalue weighted by Crippen LogP contribution is 2.19. The van der Waals surface area contributed by atoms with Crippen molar-refractivity contribution in [2.45, 2.75) is 6.10 Å². The van der Waals surface area contributed by atoms with Crippen LogP contribution in [0.3, 0.4) is 0 Å². The Balaban J connectivity index is 1.75. The standard InChI is InChI=1S/C13H17N5O/c14-7-11-9-18(5-6-19-11)13-2-1-12(16-17-13)10-3-4-15-8-10/h1-4,8,11,15H,5-7,9,14H2. The number of aromatic nitrogens is 3. The molecule has 6 nitrogen and oxygen atoms in total. The van der Waals surface area contributed by atoms with E-state index in [1.54, 1.807) is 0 Å². The molecule has 0 saturated carbocycles. The Morgan fingerprint density at radius 1 is 1.37 bits per heavy atom. The van der Waals surface area contributed by atoms with Gasteiger partial charge in [-0.25, -0.2) is 0 Å². The molecular formula is C13H17N5O. The third-order valence-electron chi connectivity index (χ3n) is 3.27. The first-order chi connectivity index (χ1) is 9.36. The van der Waals surface area contributed by atoms with Crippen molar-refractivity contribution < 1.29 is 4.74 Å². The molecule has 1 atom stereocenters. The summed E-state index contributed by atoms with van der Waals surface area (Å²) in [4.78, 5) is 5.17. The normalized spacial score (nSPS) is 19.6. The summed E-state index contributed by atoms with van der Waals surface area (Å²) in [5.41, 5.74) is 7.55. The monoisotopic (exact) mass is 259 g/mol. The quantitative estimate of drug-likeness (QED) is 0.845. The van der Waals surface area contributed by atoms with Gasteiger partial charge in [-0.2, -0.15) is 0 Å². The van der Waals surface area contributed by atoms with Crippen LogP contribution in [0.2, 0.25) is 0 Å². The predicted octanol–water partition coefficient (Wildman–Crippen LogP) is 0.636. The minimum Gasteiger partial charge on any atom is -0.373 e. The van der Waals surface area contributed by atoms with Crippen LogP contribution in [-0.2, 0) is 4.74 Å². The lowest BCUT2D eigenvalue weighted by molar-refractivity contribution is 0.0462. The van der Waals surface area contributed by atoms with E-state index < -0.39 is 0 Å². The van der Waals surface area contributed by atoms with Gasteiger partial charge in [0.25, 0.3) is 0 Å². The van der Waals surface area contributed by atoms with Crippen LogP contribution in [0.25, 0.3) is 11.3 Å². The number of hydrogen-bond acceptors (Lipinski definition) is 5. The first-order valence-electron chi connectivity index (χ1n) is 6.40. The number of H-pyrrole nitrogens is 1. The maximum atomic E-state index is 5.64. The first kappa shape index (κ1) is 12.1. The van der Waals surface area contributed by atoms with Gasteiger partial charge in [0.15, 0.2) is 5.82 Å². The summed E-state index contributed by atoms with van der Waals surface area (Å²) in [6.45, 7) is 2.82. The molecule has 100 valence electrons. The molecule has 0 amide bonds. The highest BCUT2D eigenvalue weighted by molar-refractivity contribution is 5.58. The van der Waals surface area contributed by atoms with Crippen molar-refractivity contribution in [2.24, 2.45) is 5.73 Å². The molecule has 1 aliphatic rings. The van der Waals surface area contributed by atoms with Gasteiger partial charge < -0.3 is 20.4 Å². The van der Waals surface area contributed by atoms with E-state index in [2.05, 4.69) is 20.1 Å². The van der Waals surface area contributed by atoms with Crippen LogP contribution in [0.4, 0.5) is 5.82 Å². The number of nitrogens with one attached hydrogen (secondary N) is 1. The number of nitrogens with two attached hydrogens (primary N) is 1. The molecule has 3 rings (SSSR count). The zero-order valence-electron chi connectivity index (χ0n) is 10.6. The van der Waals surface area contributed by atoms with Gasteiger partial charge in [-0.05, 0) is 18.2 Å². The van der Waals surface area contributed by atoms with Crippen LogP contribution < -0.4 is 10.6 Å². The Bertz CT molecular complexity index is 510. The molecule has 1 unspecified atom stereocenters. The molecule has 19 heavy (non-hydrogen) atoms. The second-order valence-corrected chi connectivity index (χ2v) is 4.55. The van der Waals surface area contributed by atoms with Gasteiger partial charge in [0.2, 0.25) is 0 Å². The van der Waals surface area contributed by atoms with Gasteiger partial charge >= 0.3 is 0 Å². The second-order valence-electron chi connectivity index (χ2n) is 4.55. The third-order valence-corrected chi connectivity index (χ3v) is 3.27. The van der Waals surface area contributed by atoms with E-state index in [1.807, 2.05) is 30.6 Å². The third kappa shape index (κ3) is 2.59. The number of aromatic amines is 1. The largest absolute Gasteiger partial charge is 0.373 e. The number of rotatable bonds is 3. The van der Waals surface area contributed by atoms with Crippen molar-refractivity contribution in [3.05, 3.63) is 30.6 Å². The van der Waals surface area contributed by atoms with Crippen molar-refractivity contribution in [2.75, 3.05) is 31.1 Å². The van der Waals surface area contributed by atoms with Crippen LogP contribution in [-0.4, -0.2) is 47.5 Å². The van der Waals surface area contributed by atoms with Crippen molar-refractivity contribution in [1.29, 1.82) is 0 Å². The minimum absolute atomic E-state index is 0.0832. The Morgan fingerprint density at radius 2 is 2.32 bits per heavy atom. The van der Waals surface area contributed by atoms with E-state index >= 15 is 0 Å². The van der Waals surface area contributed by atoms with Crippen LogP contribution >= 0.6 is 0 Å². The molecule has 0 spiro atoms. The van der Waals surface area contributed by atoms with Gasteiger partial charge in [0, 0.05) is 37.6 Å². The lowest BCUT2D eigenvalue weighted by Crippen LogP contribution is -2.46. The van der Waals surface area contributed by atoms with Gasteiger partial charge in [0.05, 0.1) is 18.4 Å². The Labute approximate surface area is 111 Å². The van der Waals surface area contributed by atoms with E-state index in [9.17, 15) is 0 Å². The molecule has 2 aromatic rings. The molecule has 0 radical (unpaired) electrons. The second kappa shape index (κ2) is 5.38. The number of anilines is 1. The van der Waals surface area contributed by atoms with Crippen LogP contribution in [0.15, 0.2) is 30.6 Å². The molecule has 3 N–H and O–H groups in total.